The standard InChI is InChI=1S/C12H12FN3O2/c1-15-9-4-2-3-8(13)10(9)11(17)16(12(15)18)7-5-14-6-7/h2-4,7,14H,5-6H2,1H3. The molecule has 18 heavy (non-hydrogen) atoms. The molecule has 2 heterocycles. The maximum atomic E-state index is 13.8. The van der Waals surface area contributed by atoms with Crippen molar-refractivity contribution in [2.24, 2.45) is 7.05 Å². The van der Waals surface area contributed by atoms with Gasteiger partial charge in [-0.1, -0.05) is 6.07 Å². The van der Waals surface area contributed by atoms with Crippen LogP contribution in [0.2, 0.25) is 0 Å². The summed E-state index contributed by atoms with van der Waals surface area (Å²) in [7, 11) is 1.55. The summed E-state index contributed by atoms with van der Waals surface area (Å²) in [5, 5.41) is 2.97. The van der Waals surface area contributed by atoms with Crippen molar-refractivity contribution < 1.29 is 4.39 Å². The third-order valence-electron chi connectivity index (χ3n) is 3.40. The number of aromatic nitrogens is 2. The van der Waals surface area contributed by atoms with Crippen LogP contribution in [0.5, 0.6) is 0 Å². The van der Waals surface area contributed by atoms with E-state index < -0.39 is 17.1 Å². The molecule has 0 spiro atoms. The van der Waals surface area contributed by atoms with E-state index in [1.54, 1.807) is 13.1 Å². The number of benzene rings is 1. The molecule has 1 aromatic heterocycles. The van der Waals surface area contributed by atoms with Crippen LogP contribution in [-0.2, 0) is 7.05 Å². The first kappa shape index (κ1) is 11.2. The molecule has 1 aliphatic heterocycles. The first-order valence-corrected chi connectivity index (χ1v) is 5.71. The molecule has 0 amide bonds. The van der Waals surface area contributed by atoms with E-state index in [1.807, 2.05) is 0 Å². The van der Waals surface area contributed by atoms with E-state index >= 15 is 0 Å². The lowest BCUT2D eigenvalue weighted by Crippen LogP contribution is -2.53. The van der Waals surface area contributed by atoms with Gasteiger partial charge in [-0.05, 0) is 12.1 Å². The third kappa shape index (κ3) is 1.35. The Balaban J connectivity index is 2.48. The number of rotatable bonds is 1. The van der Waals surface area contributed by atoms with Gasteiger partial charge >= 0.3 is 5.69 Å². The second kappa shape index (κ2) is 3.78. The Kier molecular flexibility index (Phi) is 2.34. The van der Waals surface area contributed by atoms with E-state index in [9.17, 15) is 14.0 Å². The molecule has 6 heteroatoms. The molecule has 5 nitrogen and oxygen atoms in total. The van der Waals surface area contributed by atoms with Crippen molar-refractivity contribution in [2.45, 2.75) is 6.04 Å². The molecule has 1 N–H and O–H groups in total. The first-order valence-electron chi connectivity index (χ1n) is 5.71. The zero-order valence-corrected chi connectivity index (χ0v) is 9.81. The number of aryl methyl sites for hydroxylation is 1. The van der Waals surface area contributed by atoms with Crippen LogP contribution in [0.1, 0.15) is 6.04 Å². The van der Waals surface area contributed by atoms with Gasteiger partial charge in [0.25, 0.3) is 5.56 Å². The van der Waals surface area contributed by atoms with Gasteiger partial charge < -0.3 is 5.32 Å². The van der Waals surface area contributed by atoms with Gasteiger partial charge in [0, 0.05) is 20.1 Å². The molecule has 0 aliphatic carbocycles. The van der Waals surface area contributed by atoms with E-state index in [1.165, 1.54) is 16.7 Å². The lowest BCUT2D eigenvalue weighted by atomic mass is 10.1. The quantitative estimate of drug-likeness (QED) is 0.773. The van der Waals surface area contributed by atoms with Gasteiger partial charge in [0.05, 0.1) is 16.9 Å². The summed E-state index contributed by atoms with van der Waals surface area (Å²) in [4.78, 5) is 24.4. The van der Waals surface area contributed by atoms with Crippen molar-refractivity contribution in [3.63, 3.8) is 0 Å². The Morgan fingerprint density at radius 2 is 2.06 bits per heavy atom. The maximum absolute atomic E-state index is 13.8. The summed E-state index contributed by atoms with van der Waals surface area (Å²) in [6.07, 6.45) is 0. The van der Waals surface area contributed by atoms with E-state index in [4.69, 9.17) is 0 Å². The Morgan fingerprint density at radius 1 is 1.33 bits per heavy atom. The highest BCUT2D eigenvalue weighted by Crippen LogP contribution is 2.13. The van der Waals surface area contributed by atoms with Crippen LogP contribution in [0, 0.1) is 5.82 Å². The monoisotopic (exact) mass is 249 g/mol. The molecule has 0 unspecified atom stereocenters. The van der Waals surface area contributed by atoms with Crippen LogP contribution in [0.4, 0.5) is 4.39 Å². The van der Waals surface area contributed by atoms with E-state index in [2.05, 4.69) is 5.32 Å². The predicted octanol–water partition coefficient (Wildman–Crippen LogP) is -0.0164. The summed E-state index contributed by atoms with van der Waals surface area (Å²) >= 11 is 0. The third-order valence-corrected chi connectivity index (χ3v) is 3.40. The van der Waals surface area contributed by atoms with Gasteiger partial charge in [0.15, 0.2) is 0 Å². The molecule has 0 radical (unpaired) electrons. The molecule has 94 valence electrons. The van der Waals surface area contributed by atoms with E-state index in [0.717, 1.165) is 4.57 Å². The minimum absolute atomic E-state index is 0.0218. The topological polar surface area (TPSA) is 56.0 Å². The first-order chi connectivity index (χ1) is 8.61. The Bertz CT molecular complexity index is 743. The van der Waals surface area contributed by atoms with Crippen molar-refractivity contribution >= 4 is 10.9 Å². The van der Waals surface area contributed by atoms with Gasteiger partial charge in [-0.15, -0.1) is 0 Å². The molecular weight excluding hydrogens is 237 g/mol. The van der Waals surface area contributed by atoms with Crippen molar-refractivity contribution in [3.05, 3.63) is 44.9 Å². The summed E-state index contributed by atoms with van der Waals surface area (Å²) in [6, 6.07) is 4.12. The number of hydrogen-bond donors (Lipinski definition) is 1. The van der Waals surface area contributed by atoms with E-state index in [0.29, 0.717) is 18.6 Å². The minimum Gasteiger partial charge on any atom is -0.312 e. The molecule has 0 bridgehead atoms. The molecule has 1 aromatic carbocycles. The number of fused-ring (bicyclic) bond motifs is 1. The molecule has 1 aliphatic rings. The largest absolute Gasteiger partial charge is 0.331 e. The maximum Gasteiger partial charge on any atom is 0.331 e. The second-order valence-corrected chi connectivity index (χ2v) is 4.46. The van der Waals surface area contributed by atoms with Gasteiger partial charge in [-0.25, -0.2) is 9.18 Å². The SMILES string of the molecule is Cn1c(=O)n(C2CNC2)c(=O)c2c(F)cccc21. The van der Waals surface area contributed by atoms with Crippen LogP contribution in [0.15, 0.2) is 27.8 Å². The van der Waals surface area contributed by atoms with Gasteiger partial charge in [-0.3, -0.25) is 13.9 Å². The Labute approximate surface area is 101 Å². The second-order valence-electron chi connectivity index (χ2n) is 4.46. The lowest BCUT2D eigenvalue weighted by Gasteiger charge is -2.28. The average molecular weight is 249 g/mol. The van der Waals surface area contributed by atoms with Crippen LogP contribution >= 0.6 is 0 Å². The van der Waals surface area contributed by atoms with Crippen LogP contribution < -0.4 is 16.6 Å². The molecule has 0 saturated carbocycles. The lowest BCUT2D eigenvalue weighted by molar-refractivity contribution is 0.323. The van der Waals surface area contributed by atoms with Crippen LogP contribution in [-0.4, -0.2) is 22.2 Å². The fourth-order valence-electron chi connectivity index (χ4n) is 2.25. The molecular formula is C12H12FN3O2. The van der Waals surface area contributed by atoms with Crippen LogP contribution in [0.3, 0.4) is 0 Å². The summed E-state index contributed by atoms with van der Waals surface area (Å²) in [6.45, 7) is 1.13. The molecule has 1 saturated heterocycles. The fraction of sp³-hybridized carbons (Fsp3) is 0.333. The number of nitrogens with one attached hydrogen (secondary N) is 1. The Hall–Kier alpha value is -1.95. The number of halogens is 1. The summed E-state index contributed by atoms with van der Waals surface area (Å²) in [5.74, 6) is -0.589. The normalized spacial score (nSPS) is 15.9. The summed E-state index contributed by atoms with van der Waals surface area (Å²) in [5.41, 5.74) is -0.615. The fourth-order valence-corrected chi connectivity index (χ4v) is 2.25. The van der Waals surface area contributed by atoms with Gasteiger partial charge in [-0.2, -0.15) is 0 Å². The van der Waals surface area contributed by atoms with Gasteiger partial charge in [0.1, 0.15) is 5.82 Å². The molecule has 2 aromatic rings. The van der Waals surface area contributed by atoms with Gasteiger partial charge in [0.2, 0.25) is 0 Å². The van der Waals surface area contributed by atoms with Crippen molar-refractivity contribution in [3.8, 4) is 0 Å². The molecule has 1 fully saturated rings. The summed E-state index contributed by atoms with van der Waals surface area (Å²) < 4.78 is 16.2. The number of hydrogen-bond acceptors (Lipinski definition) is 3. The van der Waals surface area contributed by atoms with Crippen LogP contribution in [0.25, 0.3) is 10.9 Å². The zero-order chi connectivity index (χ0) is 12.9. The number of nitrogens with zero attached hydrogens (tertiary/aromatic N) is 2. The smallest absolute Gasteiger partial charge is 0.312 e. The predicted molar refractivity (Wildman–Crippen MR) is 65.3 cm³/mol. The highest BCUT2D eigenvalue weighted by atomic mass is 19.1. The van der Waals surface area contributed by atoms with Crippen molar-refractivity contribution in [2.75, 3.05) is 13.1 Å². The average Bonchev–Trinajstić information content (AvgIpc) is 2.29. The van der Waals surface area contributed by atoms with E-state index in [-0.39, 0.29) is 11.4 Å². The highest BCUT2D eigenvalue weighted by molar-refractivity contribution is 5.78. The zero-order valence-electron chi connectivity index (χ0n) is 9.81. The Morgan fingerprint density at radius 3 is 2.67 bits per heavy atom. The highest BCUT2D eigenvalue weighted by Gasteiger charge is 2.25. The molecule has 3 rings (SSSR count). The van der Waals surface area contributed by atoms with Crippen molar-refractivity contribution in [1.82, 2.24) is 14.5 Å². The molecule has 0 atom stereocenters. The van der Waals surface area contributed by atoms with Crippen molar-refractivity contribution in [1.29, 1.82) is 0 Å². The minimum atomic E-state index is -0.589.